The van der Waals surface area contributed by atoms with Crippen molar-refractivity contribution in [3.05, 3.63) is 53.1 Å². The Morgan fingerprint density at radius 1 is 1.21 bits per heavy atom. The molecule has 0 aromatic heterocycles. The first-order valence-electron chi connectivity index (χ1n) is 8.29. The maximum atomic E-state index is 13.0. The summed E-state index contributed by atoms with van der Waals surface area (Å²) >= 11 is 5.55. The van der Waals surface area contributed by atoms with E-state index in [0.29, 0.717) is 6.07 Å². The Morgan fingerprint density at radius 2 is 1.86 bits per heavy atom. The summed E-state index contributed by atoms with van der Waals surface area (Å²) in [6, 6.07) is 9.09. The number of sulfonamides is 1. The van der Waals surface area contributed by atoms with Gasteiger partial charge in [0.1, 0.15) is 12.3 Å². The molecule has 0 bridgehead atoms. The number of para-hydroxylation sites is 2. The van der Waals surface area contributed by atoms with Crippen LogP contribution in [0.4, 0.5) is 24.5 Å². The van der Waals surface area contributed by atoms with Gasteiger partial charge in [0.2, 0.25) is 15.9 Å². The number of nitrogens with zero attached hydrogens (tertiary/aromatic N) is 1. The third-order valence-corrected chi connectivity index (χ3v) is 5.13. The molecule has 0 aliphatic carbocycles. The normalized spacial score (nSPS) is 11.8. The number of rotatable bonds is 7. The van der Waals surface area contributed by atoms with Crippen LogP contribution >= 0.6 is 11.6 Å². The smallest absolute Gasteiger partial charge is 0.417 e. The van der Waals surface area contributed by atoms with Crippen LogP contribution in [0.15, 0.2) is 42.5 Å². The van der Waals surface area contributed by atoms with Crippen LogP contribution < -0.4 is 14.4 Å². The lowest BCUT2D eigenvalue weighted by Crippen LogP contribution is -2.37. The highest BCUT2D eigenvalue weighted by atomic mass is 35.5. The fourth-order valence-electron chi connectivity index (χ4n) is 2.47. The Balaban J connectivity index is 2.29. The van der Waals surface area contributed by atoms with E-state index in [4.69, 9.17) is 16.3 Å². The van der Waals surface area contributed by atoms with Crippen LogP contribution in [0.1, 0.15) is 12.5 Å². The van der Waals surface area contributed by atoms with Crippen molar-refractivity contribution in [3.8, 4) is 5.75 Å². The minimum atomic E-state index is -4.70. The van der Waals surface area contributed by atoms with Gasteiger partial charge in [0, 0.05) is 5.69 Å². The van der Waals surface area contributed by atoms with Crippen LogP contribution in [-0.2, 0) is 21.0 Å². The molecule has 158 valence electrons. The van der Waals surface area contributed by atoms with Crippen molar-refractivity contribution in [2.45, 2.75) is 13.1 Å². The summed E-state index contributed by atoms with van der Waals surface area (Å²) in [6.45, 7) is 1.33. The van der Waals surface area contributed by atoms with Gasteiger partial charge >= 0.3 is 6.18 Å². The molecule has 6 nitrogen and oxygen atoms in total. The second-order valence-electron chi connectivity index (χ2n) is 5.91. The van der Waals surface area contributed by atoms with E-state index in [2.05, 4.69) is 5.32 Å². The molecule has 1 amide bonds. The lowest BCUT2D eigenvalue weighted by molar-refractivity contribution is -0.137. The molecule has 1 N–H and O–H groups in total. The third kappa shape index (κ3) is 6.01. The Hall–Kier alpha value is -2.46. The van der Waals surface area contributed by atoms with E-state index in [1.165, 1.54) is 12.1 Å². The van der Waals surface area contributed by atoms with Gasteiger partial charge in [-0.05, 0) is 37.3 Å². The van der Waals surface area contributed by atoms with Crippen molar-refractivity contribution in [2.75, 3.05) is 29.0 Å². The van der Waals surface area contributed by atoms with Crippen molar-refractivity contribution in [1.29, 1.82) is 0 Å². The van der Waals surface area contributed by atoms with Crippen LogP contribution in [-0.4, -0.2) is 33.7 Å². The van der Waals surface area contributed by atoms with Gasteiger partial charge < -0.3 is 10.1 Å². The Labute approximate surface area is 171 Å². The summed E-state index contributed by atoms with van der Waals surface area (Å²) in [4.78, 5) is 12.4. The minimum absolute atomic E-state index is 0.138. The molecule has 0 aliphatic heterocycles. The molecule has 0 saturated heterocycles. The van der Waals surface area contributed by atoms with E-state index in [1.54, 1.807) is 25.1 Å². The summed E-state index contributed by atoms with van der Waals surface area (Å²) in [7, 11) is -3.89. The predicted molar refractivity (Wildman–Crippen MR) is 105 cm³/mol. The number of hydrogen-bond acceptors (Lipinski definition) is 4. The van der Waals surface area contributed by atoms with E-state index < -0.39 is 39.2 Å². The first-order chi connectivity index (χ1) is 13.4. The van der Waals surface area contributed by atoms with Gasteiger partial charge in [-0.2, -0.15) is 13.2 Å². The highest BCUT2D eigenvalue weighted by molar-refractivity contribution is 7.92. The lowest BCUT2D eigenvalue weighted by atomic mass is 10.2. The topological polar surface area (TPSA) is 75.7 Å². The first kappa shape index (κ1) is 22.8. The van der Waals surface area contributed by atoms with Crippen molar-refractivity contribution in [1.82, 2.24) is 0 Å². The first-order valence-corrected chi connectivity index (χ1v) is 10.5. The van der Waals surface area contributed by atoms with Gasteiger partial charge in [0.15, 0.2) is 0 Å². The summed E-state index contributed by atoms with van der Waals surface area (Å²) < 4.78 is 69.6. The average molecular weight is 451 g/mol. The quantitative estimate of drug-likeness (QED) is 0.687. The maximum Gasteiger partial charge on any atom is 0.417 e. The van der Waals surface area contributed by atoms with Crippen LogP contribution in [0.25, 0.3) is 0 Å². The number of alkyl halides is 3. The number of amides is 1. The van der Waals surface area contributed by atoms with Crippen molar-refractivity contribution in [2.24, 2.45) is 0 Å². The summed E-state index contributed by atoms with van der Waals surface area (Å²) in [6.07, 6.45) is -3.79. The van der Waals surface area contributed by atoms with E-state index in [9.17, 15) is 26.4 Å². The summed E-state index contributed by atoms with van der Waals surface area (Å²) in [5, 5.41) is 1.75. The lowest BCUT2D eigenvalue weighted by Gasteiger charge is -2.24. The summed E-state index contributed by atoms with van der Waals surface area (Å²) in [5.41, 5.74) is -1.14. The zero-order valence-electron chi connectivity index (χ0n) is 15.5. The molecule has 2 aromatic rings. The largest absolute Gasteiger partial charge is 0.492 e. The highest BCUT2D eigenvalue weighted by Crippen LogP contribution is 2.36. The second kappa shape index (κ2) is 8.91. The minimum Gasteiger partial charge on any atom is -0.492 e. The molecule has 0 saturated carbocycles. The molecular weight excluding hydrogens is 433 g/mol. The zero-order valence-corrected chi connectivity index (χ0v) is 17.0. The molecule has 0 spiro atoms. The number of anilines is 2. The zero-order chi connectivity index (χ0) is 21.8. The SMILES string of the molecule is CCOc1ccccc1N(CC(=O)Nc1ccc(Cl)c(C(F)(F)F)c1)S(C)(=O)=O. The van der Waals surface area contributed by atoms with Crippen molar-refractivity contribution < 1.29 is 31.1 Å². The standard InChI is InChI=1S/C18H18ClF3N2O4S/c1-3-28-16-7-5-4-6-15(16)24(29(2,26)27)11-17(25)23-12-8-9-14(19)13(10-12)18(20,21)22/h4-10H,3,11H2,1-2H3,(H,23,25). The van der Waals surface area contributed by atoms with Crippen LogP contribution in [0.5, 0.6) is 5.75 Å². The molecule has 0 unspecified atom stereocenters. The monoisotopic (exact) mass is 450 g/mol. The number of halogens is 4. The molecular formula is C18H18ClF3N2O4S. The molecule has 0 atom stereocenters. The molecule has 29 heavy (non-hydrogen) atoms. The molecule has 2 rings (SSSR count). The van der Waals surface area contributed by atoms with E-state index in [0.717, 1.165) is 16.6 Å². The van der Waals surface area contributed by atoms with Gasteiger partial charge in [-0.1, -0.05) is 23.7 Å². The third-order valence-electron chi connectivity index (χ3n) is 3.68. The number of carbonyl (C=O) groups excluding carboxylic acids is 1. The Kier molecular flexibility index (Phi) is 7.02. The molecule has 0 radical (unpaired) electrons. The van der Waals surface area contributed by atoms with Gasteiger partial charge in [-0.15, -0.1) is 0 Å². The van der Waals surface area contributed by atoms with Gasteiger partial charge in [-0.25, -0.2) is 8.42 Å². The predicted octanol–water partition coefficient (Wildman–Crippen LogP) is 4.16. The fraction of sp³-hybridized carbons (Fsp3) is 0.278. The number of carbonyl (C=O) groups is 1. The van der Waals surface area contributed by atoms with E-state index in [1.807, 2.05) is 0 Å². The molecule has 0 aliphatic rings. The Morgan fingerprint density at radius 3 is 2.45 bits per heavy atom. The van der Waals surface area contributed by atoms with Gasteiger partial charge in [0.25, 0.3) is 0 Å². The number of ether oxygens (including phenoxy) is 1. The Bertz CT molecular complexity index is 997. The molecule has 2 aromatic carbocycles. The fourth-order valence-corrected chi connectivity index (χ4v) is 3.56. The van der Waals surface area contributed by atoms with Crippen LogP contribution in [0.2, 0.25) is 5.02 Å². The van der Waals surface area contributed by atoms with Crippen LogP contribution in [0, 0.1) is 0 Å². The van der Waals surface area contributed by atoms with E-state index in [-0.39, 0.29) is 23.7 Å². The van der Waals surface area contributed by atoms with Gasteiger partial charge in [-0.3, -0.25) is 9.10 Å². The number of hydrogen-bond donors (Lipinski definition) is 1. The van der Waals surface area contributed by atoms with Crippen molar-refractivity contribution in [3.63, 3.8) is 0 Å². The molecule has 0 heterocycles. The average Bonchev–Trinajstić information content (AvgIpc) is 2.60. The number of benzene rings is 2. The highest BCUT2D eigenvalue weighted by Gasteiger charge is 2.33. The second-order valence-corrected chi connectivity index (χ2v) is 8.22. The summed E-state index contributed by atoms with van der Waals surface area (Å²) in [5.74, 6) is -0.587. The van der Waals surface area contributed by atoms with E-state index >= 15 is 0 Å². The number of nitrogens with one attached hydrogen (secondary N) is 1. The molecule has 0 fully saturated rings. The van der Waals surface area contributed by atoms with Crippen LogP contribution in [0.3, 0.4) is 0 Å². The van der Waals surface area contributed by atoms with Gasteiger partial charge in [0.05, 0.1) is 29.1 Å². The maximum absolute atomic E-state index is 13.0. The van der Waals surface area contributed by atoms with Crippen molar-refractivity contribution >= 4 is 38.9 Å². The molecule has 11 heteroatoms.